The molecule has 1 unspecified atom stereocenters. The number of carbonyl (C=O) groups excluding carboxylic acids is 2. The number of nitrogens with zero attached hydrogens (tertiary/aromatic N) is 3. The number of aliphatic carboxylic acids is 1. The highest BCUT2D eigenvalue weighted by Gasteiger charge is 2.24. The summed E-state index contributed by atoms with van der Waals surface area (Å²) in [5.41, 5.74) is 12.8. The van der Waals surface area contributed by atoms with Crippen molar-refractivity contribution in [3.8, 4) is 0 Å². The van der Waals surface area contributed by atoms with Gasteiger partial charge in [-0.1, -0.05) is 5.11 Å². The number of azide groups is 1. The number of carboxylic acids is 1. The van der Waals surface area contributed by atoms with Crippen molar-refractivity contribution in [3.63, 3.8) is 0 Å². The van der Waals surface area contributed by atoms with E-state index in [4.69, 9.17) is 21.1 Å². The summed E-state index contributed by atoms with van der Waals surface area (Å²) < 4.78 is 5.04. The minimum absolute atomic E-state index is 0.0252. The molecule has 0 aliphatic rings. The highest BCUT2D eigenvalue weighted by molar-refractivity contribution is 5.86. The average Bonchev–Trinajstić information content (AvgIpc) is 2.41. The Morgan fingerprint density at radius 2 is 2.00 bits per heavy atom. The number of carboxylic acid groups (broad SMARTS) is 1. The highest BCUT2D eigenvalue weighted by atomic mass is 16.6. The van der Waals surface area contributed by atoms with E-state index in [1.165, 1.54) is 0 Å². The molecule has 0 heterocycles. The fourth-order valence-corrected chi connectivity index (χ4v) is 1.37. The summed E-state index contributed by atoms with van der Waals surface area (Å²) in [6.07, 6.45) is -0.793. The monoisotopic (exact) mass is 330 g/mol. The quantitative estimate of drug-likeness (QED) is 0.278. The van der Waals surface area contributed by atoms with Crippen LogP contribution in [0.15, 0.2) is 5.11 Å². The first-order chi connectivity index (χ1) is 10.6. The predicted octanol–water partition coefficient (Wildman–Crippen LogP) is 0.108. The number of nitrogens with one attached hydrogen (secondary N) is 2. The Bertz CT molecular complexity index is 483. The Morgan fingerprint density at radius 1 is 1.39 bits per heavy atom. The second-order valence-corrected chi connectivity index (χ2v) is 5.63. The number of amides is 2. The van der Waals surface area contributed by atoms with Gasteiger partial charge in [-0.05, 0) is 32.7 Å². The van der Waals surface area contributed by atoms with Crippen LogP contribution in [0.2, 0.25) is 0 Å². The van der Waals surface area contributed by atoms with Crippen LogP contribution < -0.4 is 16.4 Å². The third-order valence-electron chi connectivity index (χ3n) is 2.40. The predicted molar refractivity (Wildman–Crippen MR) is 80.4 cm³/mol. The summed E-state index contributed by atoms with van der Waals surface area (Å²) in [5, 5.41) is 16.6. The Kier molecular flexibility index (Phi) is 8.45. The normalized spacial score (nSPS) is 13.2. The molecule has 0 rings (SSSR count). The number of alkyl carbamates (subject to hydrolysis) is 1. The van der Waals surface area contributed by atoms with Crippen molar-refractivity contribution in [2.24, 2.45) is 10.8 Å². The molecule has 0 spiro atoms. The maximum Gasteiger partial charge on any atom is 0.408 e. The summed E-state index contributed by atoms with van der Waals surface area (Å²) in [7, 11) is 0. The summed E-state index contributed by atoms with van der Waals surface area (Å²) in [5.74, 6) is -1.92. The van der Waals surface area contributed by atoms with Gasteiger partial charge in [-0.3, -0.25) is 9.59 Å². The lowest BCUT2D eigenvalue weighted by molar-refractivity contribution is -0.138. The standard InChI is InChI=1S/C12H22N6O5/c1-12(2,3)23-11(22)17-8(4-5-16-18-14)9(19)15-6-7(13)10(20)21/h7-8H,4-6,13H2,1-3H3,(H,15,19)(H,17,22)(H,20,21)/t7-,8?/m0/s1. The van der Waals surface area contributed by atoms with Crippen molar-refractivity contribution < 1.29 is 24.2 Å². The number of carbonyl (C=O) groups is 3. The lowest BCUT2D eigenvalue weighted by Gasteiger charge is -2.23. The van der Waals surface area contributed by atoms with Gasteiger partial charge in [0.05, 0.1) is 0 Å². The van der Waals surface area contributed by atoms with Crippen LogP contribution in [-0.2, 0) is 14.3 Å². The van der Waals surface area contributed by atoms with Gasteiger partial charge in [0.15, 0.2) is 0 Å². The van der Waals surface area contributed by atoms with E-state index < -0.39 is 35.7 Å². The number of rotatable bonds is 8. The van der Waals surface area contributed by atoms with Gasteiger partial charge in [0.2, 0.25) is 5.91 Å². The molecule has 2 amide bonds. The van der Waals surface area contributed by atoms with Crippen LogP contribution >= 0.6 is 0 Å². The average molecular weight is 330 g/mol. The van der Waals surface area contributed by atoms with Gasteiger partial charge in [-0.25, -0.2) is 4.79 Å². The molecule has 0 aliphatic carbocycles. The van der Waals surface area contributed by atoms with Gasteiger partial charge < -0.3 is 26.2 Å². The summed E-state index contributed by atoms with van der Waals surface area (Å²) in [4.78, 5) is 36.9. The molecule has 0 aromatic carbocycles. The zero-order valence-corrected chi connectivity index (χ0v) is 13.3. The van der Waals surface area contributed by atoms with Crippen LogP contribution in [-0.4, -0.2) is 53.9 Å². The van der Waals surface area contributed by atoms with Gasteiger partial charge in [0, 0.05) is 18.0 Å². The van der Waals surface area contributed by atoms with E-state index >= 15 is 0 Å². The van der Waals surface area contributed by atoms with Crippen LogP contribution in [0.3, 0.4) is 0 Å². The molecule has 0 radical (unpaired) electrons. The minimum atomic E-state index is -1.27. The van der Waals surface area contributed by atoms with Crippen molar-refractivity contribution in [3.05, 3.63) is 10.4 Å². The molecule has 0 saturated carbocycles. The van der Waals surface area contributed by atoms with Gasteiger partial charge in [-0.15, -0.1) is 0 Å². The Hall–Kier alpha value is -2.52. The molecular formula is C12H22N6O5. The van der Waals surface area contributed by atoms with Crippen molar-refractivity contribution >= 4 is 18.0 Å². The van der Waals surface area contributed by atoms with Crippen molar-refractivity contribution in [1.82, 2.24) is 10.6 Å². The first-order valence-corrected chi connectivity index (χ1v) is 6.83. The third kappa shape index (κ3) is 9.93. The molecule has 11 heteroatoms. The first kappa shape index (κ1) is 20.5. The lowest BCUT2D eigenvalue weighted by Crippen LogP contribution is -2.51. The first-order valence-electron chi connectivity index (χ1n) is 6.83. The van der Waals surface area contributed by atoms with Gasteiger partial charge in [0.1, 0.15) is 17.7 Å². The molecule has 0 aromatic rings. The lowest BCUT2D eigenvalue weighted by atomic mass is 10.2. The Labute approximate surface area is 133 Å². The largest absolute Gasteiger partial charge is 0.480 e. The van der Waals surface area contributed by atoms with Crippen molar-refractivity contribution in [1.29, 1.82) is 0 Å². The molecular weight excluding hydrogens is 308 g/mol. The number of ether oxygens (including phenoxy) is 1. The fourth-order valence-electron chi connectivity index (χ4n) is 1.37. The molecule has 0 aliphatic heterocycles. The van der Waals surface area contributed by atoms with Crippen molar-refractivity contribution in [2.45, 2.75) is 44.9 Å². The van der Waals surface area contributed by atoms with Crippen LogP contribution in [0.25, 0.3) is 10.4 Å². The molecule has 0 fully saturated rings. The van der Waals surface area contributed by atoms with Crippen LogP contribution in [0, 0.1) is 0 Å². The smallest absolute Gasteiger partial charge is 0.408 e. The number of nitrogens with two attached hydrogens (primary N) is 1. The van der Waals surface area contributed by atoms with E-state index in [2.05, 4.69) is 20.7 Å². The van der Waals surface area contributed by atoms with E-state index in [9.17, 15) is 14.4 Å². The van der Waals surface area contributed by atoms with Gasteiger partial charge >= 0.3 is 12.1 Å². The number of hydrogen-bond donors (Lipinski definition) is 4. The third-order valence-corrected chi connectivity index (χ3v) is 2.40. The summed E-state index contributed by atoms with van der Waals surface area (Å²) in [6.45, 7) is 4.64. The fraction of sp³-hybridized carbons (Fsp3) is 0.750. The Balaban J connectivity index is 4.71. The van der Waals surface area contributed by atoms with Crippen molar-refractivity contribution in [2.75, 3.05) is 13.1 Å². The summed E-state index contributed by atoms with van der Waals surface area (Å²) in [6, 6.07) is -2.31. The molecule has 0 saturated heterocycles. The van der Waals surface area contributed by atoms with Crippen LogP contribution in [0.1, 0.15) is 27.2 Å². The second-order valence-electron chi connectivity index (χ2n) is 5.63. The maximum absolute atomic E-state index is 12.0. The van der Waals surface area contributed by atoms with E-state index in [1.54, 1.807) is 20.8 Å². The number of hydrogen-bond acceptors (Lipinski definition) is 6. The van der Waals surface area contributed by atoms with E-state index in [0.29, 0.717) is 0 Å². The van der Waals surface area contributed by atoms with Crippen LogP contribution in [0.4, 0.5) is 4.79 Å². The molecule has 5 N–H and O–H groups in total. The molecule has 23 heavy (non-hydrogen) atoms. The molecule has 0 bridgehead atoms. The van der Waals surface area contributed by atoms with Crippen LogP contribution in [0.5, 0.6) is 0 Å². The van der Waals surface area contributed by atoms with E-state index in [0.717, 1.165) is 0 Å². The summed E-state index contributed by atoms with van der Waals surface area (Å²) >= 11 is 0. The molecule has 130 valence electrons. The van der Waals surface area contributed by atoms with E-state index in [-0.39, 0.29) is 19.5 Å². The molecule has 2 atom stereocenters. The molecule has 0 aromatic heterocycles. The zero-order valence-electron chi connectivity index (χ0n) is 13.3. The highest BCUT2D eigenvalue weighted by Crippen LogP contribution is 2.07. The van der Waals surface area contributed by atoms with Gasteiger partial charge in [0.25, 0.3) is 0 Å². The topological polar surface area (TPSA) is 180 Å². The Morgan fingerprint density at radius 3 is 2.48 bits per heavy atom. The SMILES string of the molecule is CC(C)(C)OC(=O)NC(CCN=[N+]=[N-])C(=O)NC[C@H](N)C(=O)O. The van der Waals surface area contributed by atoms with E-state index in [1.807, 2.05) is 0 Å². The molecule has 11 nitrogen and oxygen atoms in total. The maximum atomic E-state index is 12.0. The zero-order chi connectivity index (χ0) is 18.0. The minimum Gasteiger partial charge on any atom is -0.480 e. The second kappa shape index (κ2) is 9.49. The van der Waals surface area contributed by atoms with Gasteiger partial charge in [-0.2, -0.15) is 0 Å².